The Labute approximate surface area is 185 Å². The highest BCUT2D eigenvalue weighted by molar-refractivity contribution is 6.17. The molecule has 2 atom stereocenters. The van der Waals surface area contributed by atoms with E-state index in [1.54, 1.807) is 12.3 Å². The van der Waals surface area contributed by atoms with Crippen LogP contribution in [0.1, 0.15) is 45.9 Å². The van der Waals surface area contributed by atoms with Gasteiger partial charge in [0.25, 0.3) is 5.91 Å². The lowest BCUT2D eigenvalue weighted by molar-refractivity contribution is -0.117. The SMILES string of the molecule is O=C1NN=Cc2c(C3=CCNCC3)[nH]c3cc(NC(=O)C4CC4c4ccccc4)cc1c23. The summed E-state index contributed by atoms with van der Waals surface area (Å²) in [7, 11) is 0. The third-order valence-corrected chi connectivity index (χ3v) is 6.55. The number of carbonyl (C=O) groups excluding carboxylic acids is 2. The number of hydrogen-bond donors (Lipinski definition) is 4. The van der Waals surface area contributed by atoms with Gasteiger partial charge in [-0.05, 0) is 48.6 Å². The summed E-state index contributed by atoms with van der Waals surface area (Å²) in [4.78, 5) is 29.1. The van der Waals surface area contributed by atoms with Gasteiger partial charge in [-0.3, -0.25) is 9.59 Å². The lowest BCUT2D eigenvalue weighted by atomic mass is 9.99. The first-order valence-electron chi connectivity index (χ1n) is 11.0. The van der Waals surface area contributed by atoms with E-state index in [0.29, 0.717) is 11.3 Å². The second-order valence-corrected chi connectivity index (χ2v) is 8.59. The smallest absolute Gasteiger partial charge is 0.272 e. The number of nitrogens with zero attached hydrogens (tertiary/aromatic N) is 1. The maximum atomic E-state index is 12.9. The summed E-state index contributed by atoms with van der Waals surface area (Å²) in [6.07, 6.45) is 5.62. The number of hydrogen-bond acceptors (Lipinski definition) is 4. The molecule has 1 saturated carbocycles. The molecule has 2 amide bonds. The van der Waals surface area contributed by atoms with E-state index in [2.05, 4.69) is 44.4 Å². The molecular formula is C25H23N5O2. The summed E-state index contributed by atoms with van der Waals surface area (Å²) in [5.41, 5.74) is 8.83. The largest absolute Gasteiger partial charge is 0.354 e. The van der Waals surface area contributed by atoms with Crippen molar-refractivity contribution in [2.75, 3.05) is 18.4 Å². The fourth-order valence-corrected chi connectivity index (χ4v) is 4.85. The van der Waals surface area contributed by atoms with Crippen molar-refractivity contribution in [2.24, 2.45) is 11.0 Å². The molecule has 3 heterocycles. The fourth-order valence-electron chi connectivity index (χ4n) is 4.85. The average Bonchev–Trinajstić information content (AvgIpc) is 3.57. The normalized spacial score (nSPS) is 21.6. The lowest BCUT2D eigenvalue weighted by Gasteiger charge is -2.13. The molecule has 160 valence electrons. The quantitative estimate of drug-likeness (QED) is 0.516. The number of amides is 2. The van der Waals surface area contributed by atoms with Crippen molar-refractivity contribution in [3.05, 3.63) is 70.9 Å². The summed E-state index contributed by atoms with van der Waals surface area (Å²) in [5, 5.41) is 11.3. The molecule has 7 nitrogen and oxygen atoms in total. The number of aromatic amines is 1. The zero-order valence-corrected chi connectivity index (χ0v) is 17.4. The van der Waals surface area contributed by atoms with Gasteiger partial charge < -0.3 is 15.6 Å². The molecule has 1 fully saturated rings. The first kappa shape index (κ1) is 19.0. The van der Waals surface area contributed by atoms with Crippen LogP contribution in [0.3, 0.4) is 0 Å². The number of benzene rings is 2. The molecule has 1 aromatic heterocycles. The molecule has 2 unspecified atom stereocenters. The maximum Gasteiger partial charge on any atom is 0.272 e. The van der Waals surface area contributed by atoms with Gasteiger partial charge in [-0.2, -0.15) is 5.10 Å². The third-order valence-electron chi connectivity index (χ3n) is 6.55. The second kappa shape index (κ2) is 7.46. The Balaban J connectivity index is 1.34. The van der Waals surface area contributed by atoms with Gasteiger partial charge in [0.05, 0.1) is 17.5 Å². The van der Waals surface area contributed by atoms with Gasteiger partial charge >= 0.3 is 0 Å². The van der Waals surface area contributed by atoms with Crippen LogP contribution in [0.25, 0.3) is 16.5 Å². The molecule has 4 N–H and O–H groups in total. The molecule has 0 bridgehead atoms. The predicted octanol–water partition coefficient (Wildman–Crippen LogP) is 3.36. The van der Waals surface area contributed by atoms with E-state index in [-0.39, 0.29) is 23.7 Å². The number of H-pyrrole nitrogens is 1. The van der Waals surface area contributed by atoms with Crippen LogP contribution in [0, 0.1) is 5.92 Å². The minimum atomic E-state index is -0.278. The summed E-state index contributed by atoms with van der Waals surface area (Å²) in [5.74, 6) is -0.0731. The third kappa shape index (κ3) is 3.22. The summed E-state index contributed by atoms with van der Waals surface area (Å²) < 4.78 is 0. The van der Waals surface area contributed by atoms with Crippen LogP contribution in [-0.4, -0.2) is 36.1 Å². The molecule has 32 heavy (non-hydrogen) atoms. The molecule has 0 radical (unpaired) electrons. The molecule has 7 heteroatoms. The van der Waals surface area contributed by atoms with Crippen molar-refractivity contribution < 1.29 is 9.59 Å². The Morgan fingerprint density at radius 1 is 1.16 bits per heavy atom. The Hall–Kier alpha value is -3.71. The summed E-state index contributed by atoms with van der Waals surface area (Å²) >= 11 is 0. The van der Waals surface area contributed by atoms with Gasteiger partial charge in [0.1, 0.15) is 0 Å². The molecule has 3 aromatic rings. The van der Waals surface area contributed by atoms with Crippen molar-refractivity contribution in [2.45, 2.75) is 18.8 Å². The highest BCUT2D eigenvalue weighted by Crippen LogP contribution is 2.48. The number of rotatable bonds is 4. The van der Waals surface area contributed by atoms with E-state index < -0.39 is 0 Å². The molecule has 2 aromatic carbocycles. The second-order valence-electron chi connectivity index (χ2n) is 8.59. The van der Waals surface area contributed by atoms with Crippen LogP contribution in [0.15, 0.2) is 53.6 Å². The van der Waals surface area contributed by atoms with Gasteiger partial charge in [0.2, 0.25) is 5.91 Å². The Bertz CT molecular complexity index is 1300. The van der Waals surface area contributed by atoms with E-state index in [0.717, 1.165) is 48.1 Å². The molecule has 1 aliphatic carbocycles. The molecule has 2 aliphatic heterocycles. The molecule has 6 rings (SSSR count). The van der Waals surface area contributed by atoms with Crippen molar-refractivity contribution in [3.8, 4) is 0 Å². The van der Waals surface area contributed by atoms with Crippen LogP contribution < -0.4 is 16.1 Å². The zero-order valence-electron chi connectivity index (χ0n) is 17.4. The number of aromatic nitrogens is 1. The maximum absolute atomic E-state index is 12.9. The monoisotopic (exact) mass is 425 g/mol. The van der Waals surface area contributed by atoms with Crippen LogP contribution in [0.2, 0.25) is 0 Å². The van der Waals surface area contributed by atoms with E-state index in [4.69, 9.17) is 0 Å². The first-order valence-corrected chi connectivity index (χ1v) is 11.0. The van der Waals surface area contributed by atoms with Crippen molar-refractivity contribution in [1.29, 1.82) is 0 Å². The molecule has 0 saturated heterocycles. The minimum absolute atomic E-state index is 0.0104. The van der Waals surface area contributed by atoms with Crippen molar-refractivity contribution in [1.82, 2.24) is 15.7 Å². The highest BCUT2D eigenvalue weighted by atomic mass is 16.2. The Morgan fingerprint density at radius 2 is 2.03 bits per heavy atom. The first-order chi connectivity index (χ1) is 15.7. The summed E-state index contributed by atoms with van der Waals surface area (Å²) in [6, 6.07) is 13.8. The minimum Gasteiger partial charge on any atom is -0.354 e. The van der Waals surface area contributed by atoms with Crippen LogP contribution in [0.5, 0.6) is 0 Å². The number of carbonyl (C=O) groups is 2. The number of nitrogens with one attached hydrogen (secondary N) is 4. The zero-order chi connectivity index (χ0) is 21.7. The van der Waals surface area contributed by atoms with Crippen LogP contribution >= 0.6 is 0 Å². The van der Waals surface area contributed by atoms with Gasteiger partial charge in [-0.25, -0.2) is 5.43 Å². The van der Waals surface area contributed by atoms with E-state index in [1.807, 2.05) is 24.3 Å². The number of anilines is 1. The highest BCUT2D eigenvalue weighted by Gasteiger charge is 2.43. The molecule has 0 spiro atoms. The topological polar surface area (TPSA) is 98.4 Å². The Kier molecular flexibility index (Phi) is 4.43. The summed E-state index contributed by atoms with van der Waals surface area (Å²) in [6.45, 7) is 1.73. The lowest BCUT2D eigenvalue weighted by Crippen LogP contribution is -2.20. The predicted molar refractivity (Wildman–Crippen MR) is 125 cm³/mol. The van der Waals surface area contributed by atoms with Crippen LogP contribution in [0.4, 0.5) is 5.69 Å². The standard InChI is InChI=1S/C25H23N5O2/c31-24(18-12-17(18)14-4-2-1-3-5-14)28-16-10-19-22-20(13-27-30-25(19)32)23(29-21(22)11-16)15-6-8-26-9-7-15/h1-6,10-11,13,17-18,26,29H,7-9,12H2,(H,28,31)(H,30,32). The Morgan fingerprint density at radius 3 is 2.84 bits per heavy atom. The van der Waals surface area contributed by atoms with E-state index in [9.17, 15) is 9.59 Å². The van der Waals surface area contributed by atoms with Gasteiger partial charge in [0, 0.05) is 34.6 Å². The fraction of sp³-hybridized carbons (Fsp3) is 0.240. The van der Waals surface area contributed by atoms with Crippen molar-refractivity contribution in [3.63, 3.8) is 0 Å². The van der Waals surface area contributed by atoms with Gasteiger partial charge in [-0.1, -0.05) is 36.4 Å². The number of hydrazone groups is 1. The van der Waals surface area contributed by atoms with Gasteiger partial charge in [0.15, 0.2) is 0 Å². The van der Waals surface area contributed by atoms with Gasteiger partial charge in [-0.15, -0.1) is 0 Å². The average molecular weight is 425 g/mol. The molecule has 3 aliphatic rings. The van der Waals surface area contributed by atoms with E-state index >= 15 is 0 Å². The van der Waals surface area contributed by atoms with E-state index in [1.165, 1.54) is 11.1 Å². The molecular weight excluding hydrogens is 402 g/mol. The van der Waals surface area contributed by atoms with Crippen molar-refractivity contribution >= 4 is 40.2 Å². The van der Waals surface area contributed by atoms with Crippen LogP contribution in [-0.2, 0) is 4.79 Å².